The molecule has 0 aliphatic carbocycles. The van der Waals surface area contributed by atoms with E-state index in [2.05, 4.69) is 135 Å². The van der Waals surface area contributed by atoms with E-state index in [9.17, 15) is 0 Å². The second-order valence-electron chi connectivity index (χ2n) is 11.1. The molecule has 0 saturated carbocycles. The van der Waals surface area contributed by atoms with Gasteiger partial charge in [0.1, 0.15) is 5.65 Å². The predicted octanol–water partition coefficient (Wildman–Crippen LogP) is 9.23. The maximum absolute atomic E-state index is 4.87. The minimum absolute atomic E-state index is 0.922. The fourth-order valence-corrected chi connectivity index (χ4v) is 7.18. The van der Waals surface area contributed by atoms with Gasteiger partial charge in [-0.3, -0.25) is 9.38 Å². The van der Waals surface area contributed by atoms with Crippen molar-refractivity contribution in [3.8, 4) is 11.4 Å². The van der Waals surface area contributed by atoms with Crippen LogP contribution in [-0.4, -0.2) is 23.5 Å². The van der Waals surface area contributed by atoms with Crippen molar-refractivity contribution in [1.82, 2.24) is 23.5 Å². The molecule has 5 nitrogen and oxygen atoms in total. The number of fused-ring (bicyclic) bond motifs is 13. The van der Waals surface area contributed by atoms with E-state index >= 15 is 0 Å². The molecule has 5 aromatic heterocycles. The Morgan fingerprint density at radius 2 is 1.16 bits per heavy atom. The van der Waals surface area contributed by atoms with Crippen LogP contribution in [-0.2, 0) is 0 Å². The van der Waals surface area contributed by atoms with Gasteiger partial charge in [0, 0.05) is 62.3 Å². The Kier molecular flexibility index (Phi) is 4.39. The van der Waals surface area contributed by atoms with Gasteiger partial charge in [-0.05, 0) is 60.7 Å². The van der Waals surface area contributed by atoms with Crippen LogP contribution in [0.15, 0.2) is 140 Å². The summed E-state index contributed by atoms with van der Waals surface area (Å²) < 4.78 is 7.04. The lowest BCUT2D eigenvalue weighted by molar-refractivity contribution is 1.17. The first-order valence-electron chi connectivity index (χ1n) is 14.5. The summed E-state index contributed by atoms with van der Waals surface area (Å²) >= 11 is 0. The number of hydrogen-bond acceptors (Lipinski definition) is 2. The van der Waals surface area contributed by atoms with Crippen molar-refractivity contribution in [3.63, 3.8) is 0 Å². The summed E-state index contributed by atoms with van der Waals surface area (Å²) in [4.78, 5) is 9.61. The molecule has 0 aliphatic heterocycles. The van der Waals surface area contributed by atoms with E-state index in [0.717, 1.165) is 44.3 Å². The molecule has 0 unspecified atom stereocenters. The Morgan fingerprint density at radius 1 is 0.442 bits per heavy atom. The standard InChI is InChI=1S/C38H23N5/c1-3-10-24(11-4-1)42-32-18-17-27-26-14-7-8-16-31(26)43(25-12-5-2-6-13-25)37(27)35(32)29-22-33-30(23-34(29)42)36-28(15-9-19-39-36)38-40-20-21-41(33)38/h1-23H. The Morgan fingerprint density at radius 3 is 2.00 bits per heavy atom. The molecular weight excluding hydrogens is 526 g/mol. The van der Waals surface area contributed by atoms with E-state index in [0.29, 0.717) is 0 Å². The first-order valence-corrected chi connectivity index (χ1v) is 14.5. The lowest BCUT2D eigenvalue weighted by Crippen LogP contribution is -1.95. The average molecular weight is 550 g/mol. The molecule has 200 valence electrons. The van der Waals surface area contributed by atoms with Crippen molar-refractivity contribution in [3.05, 3.63) is 140 Å². The normalized spacial score (nSPS) is 12.2. The molecule has 0 aliphatic rings. The zero-order chi connectivity index (χ0) is 28.1. The molecule has 10 aromatic rings. The second kappa shape index (κ2) is 8.30. The Balaban J connectivity index is 1.51. The largest absolute Gasteiger partial charge is 0.309 e. The van der Waals surface area contributed by atoms with Gasteiger partial charge in [-0.1, -0.05) is 60.7 Å². The van der Waals surface area contributed by atoms with Gasteiger partial charge < -0.3 is 9.13 Å². The van der Waals surface area contributed by atoms with Gasteiger partial charge in [-0.2, -0.15) is 0 Å². The number of aromatic nitrogens is 5. The lowest BCUT2D eigenvalue weighted by atomic mass is 10.0. The molecule has 0 fully saturated rings. The van der Waals surface area contributed by atoms with E-state index in [1.807, 2.05) is 18.5 Å². The van der Waals surface area contributed by atoms with Gasteiger partial charge in [0.2, 0.25) is 0 Å². The fraction of sp³-hybridized carbons (Fsp3) is 0. The summed E-state index contributed by atoms with van der Waals surface area (Å²) in [6.45, 7) is 0. The number of imidazole rings is 1. The van der Waals surface area contributed by atoms with Crippen molar-refractivity contribution in [1.29, 1.82) is 0 Å². The SMILES string of the molecule is c1ccc(-n2c3cc4c5ncccc5c5nccn5c4cc3c3c2ccc2c4ccccc4n(-c4ccccc4)c23)cc1. The van der Waals surface area contributed by atoms with Crippen LogP contribution in [0.3, 0.4) is 0 Å². The molecule has 0 spiro atoms. The van der Waals surface area contributed by atoms with Crippen molar-refractivity contribution in [2.24, 2.45) is 0 Å². The van der Waals surface area contributed by atoms with Crippen LogP contribution in [0.5, 0.6) is 0 Å². The number of benzene rings is 5. The van der Waals surface area contributed by atoms with Crippen LogP contribution < -0.4 is 0 Å². The molecule has 5 heterocycles. The Labute approximate surface area is 245 Å². The molecule has 0 N–H and O–H groups in total. The Hall–Kier alpha value is -5.94. The van der Waals surface area contributed by atoms with Gasteiger partial charge in [0.15, 0.2) is 0 Å². The van der Waals surface area contributed by atoms with E-state index in [-0.39, 0.29) is 0 Å². The highest BCUT2D eigenvalue weighted by Crippen LogP contribution is 2.43. The van der Waals surface area contributed by atoms with Crippen molar-refractivity contribution >= 4 is 71.1 Å². The molecule has 0 amide bonds. The van der Waals surface area contributed by atoms with Crippen molar-refractivity contribution < 1.29 is 0 Å². The van der Waals surface area contributed by atoms with Gasteiger partial charge in [-0.25, -0.2) is 4.98 Å². The van der Waals surface area contributed by atoms with Crippen LogP contribution in [0.2, 0.25) is 0 Å². The first-order chi connectivity index (χ1) is 21.4. The van der Waals surface area contributed by atoms with Crippen molar-refractivity contribution in [2.75, 3.05) is 0 Å². The molecule has 0 saturated heterocycles. The maximum Gasteiger partial charge on any atom is 0.146 e. The zero-order valence-electron chi connectivity index (χ0n) is 23.0. The second-order valence-corrected chi connectivity index (χ2v) is 11.1. The van der Waals surface area contributed by atoms with Gasteiger partial charge in [0.25, 0.3) is 0 Å². The molecule has 5 heteroatoms. The topological polar surface area (TPSA) is 40.1 Å². The summed E-state index contributed by atoms with van der Waals surface area (Å²) in [7, 11) is 0. The summed E-state index contributed by atoms with van der Waals surface area (Å²) in [5.74, 6) is 0. The highest BCUT2D eigenvalue weighted by Gasteiger charge is 2.22. The van der Waals surface area contributed by atoms with Crippen LogP contribution in [0.25, 0.3) is 82.4 Å². The summed E-state index contributed by atoms with van der Waals surface area (Å²) in [5.41, 5.74) is 9.99. The van der Waals surface area contributed by atoms with Gasteiger partial charge in [0.05, 0.1) is 33.1 Å². The summed E-state index contributed by atoms with van der Waals surface area (Å²) in [5, 5.41) is 7.07. The third kappa shape index (κ3) is 2.95. The smallest absolute Gasteiger partial charge is 0.146 e. The monoisotopic (exact) mass is 549 g/mol. The minimum Gasteiger partial charge on any atom is -0.309 e. The molecule has 0 bridgehead atoms. The number of nitrogens with zero attached hydrogens (tertiary/aromatic N) is 5. The molecule has 0 atom stereocenters. The predicted molar refractivity (Wildman–Crippen MR) is 177 cm³/mol. The van der Waals surface area contributed by atoms with Crippen LogP contribution in [0.1, 0.15) is 0 Å². The first kappa shape index (κ1) is 22.7. The quantitative estimate of drug-likeness (QED) is 0.202. The molecule has 43 heavy (non-hydrogen) atoms. The van der Waals surface area contributed by atoms with Crippen LogP contribution in [0.4, 0.5) is 0 Å². The zero-order valence-corrected chi connectivity index (χ0v) is 23.0. The molecule has 10 rings (SSSR count). The van der Waals surface area contributed by atoms with E-state index in [1.165, 1.54) is 38.1 Å². The van der Waals surface area contributed by atoms with Gasteiger partial charge >= 0.3 is 0 Å². The van der Waals surface area contributed by atoms with E-state index in [1.54, 1.807) is 0 Å². The highest BCUT2D eigenvalue weighted by molar-refractivity contribution is 6.28. The number of pyridine rings is 2. The van der Waals surface area contributed by atoms with Gasteiger partial charge in [-0.15, -0.1) is 0 Å². The fourth-order valence-electron chi connectivity index (χ4n) is 7.18. The van der Waals surface area contributed by atoms with Crippen LogP contribution >= 0.6 is 0 Å². The van der Waals surface area contributed by atoms with Crippen molar-refractivity contribution in [2.45, 2.75) is 0 Å². The van der Waals surface area contributed by atoms with Crippen LogP contribution in [0, 0.1) is 0 Å². The molecule has 5 aromatic carbocycles. The summed E-state index contributed by atoms with van der Waals surface area (Å²) in [6, 6.07) is 43.5. The molecular formula is C38H23N5. The number of rotatable bonds is 2. The maximum atomic E-state index is 4.87. The molecule has 0 radical (unpaired) electrons. The number of para-hydroxylation sites is 3. The summed E-state index contributed by atoms with van der Waals surface area (Å²) in [6.07, 6.45) is 5.81. The van der Waals surface area contributed by atoms with E-state index < -0.39 is 0 Å². The third-order valence-electron chi connectivity index (χ3n) is 8.91. The lowest BCUT2D eigenvalue weighted by Gasteiger charge is -2.10. The average Bonchev–Trinajstić information content (AvgIpc) is 3.78. The van der Waals surface area contributed by atoms with E-state index in [4.69, 9.17) is 9.97 Å². The highest BCUT2D eigenvalue weighted by atomic mass is 15.0. The number of hydrogen-bond donors (Lipinski definition) is 0. The Bertz CT molecular complexity index is 2710. The minimum atomic E-state index is 0.922. The third-order valence-corrected chi connectivity index (χ3v) is 8.91.